The molecular weight excluding hydrogens is 338 g/mol. The number of rotatable bonds is 6. The highest BCUT2D eigenvalue weighted by molar-refractivity contribution is 8.18. The van der Waals surface area contributed by atoms with Crippen LogP contribution in [0.25, 0.3) is 6.08 Å². The lowest BCUT2D eigenvalue weighted by Gasteiger charge is -2.13. The molecule has 2 aromatic carbocycles. The van der Waals surface area contributed by atoms with E-state index < -0.39 is 0 Å². The van der Waals surface area contributed by atoms with Crippen molar-refractivity contribution >= 4 is 29.0 Å². The largest absolute Gasteiger partial charge is 0.497 e. The number of hydrogen-bond donors (Lipinski definition) is 0. The van der Waals surface area contributed by atoms with Crippen LogP contribution in [-0.4, -0.2) is 36.3 Å². The fourth-order valence-corrected chi connectivity index (χ4v) is 3.18. The molecule has 1 heterocycles. The molecule has 0 bridgehead atoms. The fraction of sp³-hybridized carbons (Fsp3) is 0.158. The number of imide groups is 1. The molecule has 128 valence electrons. The summed E-state index contributed by atoms with van der Waals surface area (Å²) in [5, 5.41) is -0.276. The van der Waals surface area contributed by atoms with E-state index in [1.54, 1.807) is 13.2 Å². The van der Waals surface area contributed by atoms with Crippen LogP contribution in [0.2, 0.25) is 0 Å². The maximum absolute atomic E-state index is 12.4. The summed E-state index contributed by atoms with van der Waals surface area (Å²) in [6.07, 6.45) is 1.71. The first kappa shape index (κ1) is 17.1. The summed E-state index contributed by atoms with van der Waals surface area (Å²) in [7, 11) is 1.60. The predicted octanol–water partition coefficient (Wildman–Crippen LogP) is 3.81. The number of nitrogens with zero attached hydrogens (tertiary/aromatic N) is 1. The lowest BCUT2D eigenvalue weighted by molar-refractivity contribution is -0.123. The Kier molecular flexibility index (Phi) is 5.40. The summed E-state index contributed by atoms with van der Waals surface area (Å²) in [6, 6.07) is 16.6. The zero-order valence-electron chi connectivity index (χ0n) is 13.7. The monoisotopic (exact) mass is 355 g/mol. The van der Waals surface area contributed by atoms with Crippen LogP contribution >= 0.6 is 11.8 Å². The van der Waals surface area contributed by atoms with Gasteiger partial charge in [0, 0.05) is 0 Å². The van der Waals surface area contributed by atoms with E-state index in [1.165, 1.54) is 4.90 Å². The molecule has 3 rings (SSSR count). The van der Waals surface area contributed by atoms with Crippen molar-refractivity contribution < 1.29 is 19.1 Å². The van der Waals surface area contributed by atoms with Gasteiger partial charge in [0.15, 0.2) is 0 Å². The van der Waals surface area contributed by atoms with Gasteiger partial charge in [-0.2, -0.15) is 0 Å². The van der Waals surface area contributed by atoms with Gasteiger partial charge in [-0.3, -0.25) is 14.5 Å². The fourth-order valence-electron chi connectivity index (χ4n) is 2.32. The normalized spacial score (nSPS) is 15.7. The number of thioether (sulfide) groups is 1. The Morgan fingerprint density at radius 1 is 1.00 bits per heavy atom. The van der Waals surface area contributed by atoms with E-state index in [4.69, 9.17) is 9.47 Å². The first-order valence-corrected chi connectivity index (χ1v) is 8.56. The predicted molar refractivity (Wildman–Crippen MR) is 97.6 cm³/mol. The van der Waals surface area contributed by atoms with E-state index in [-0.39, 0.29) is 24.3 Å². The maximum Gasteiger partial charge on any atom is 0.293 e. The van der Waals surface area contributed by atoms with Crippen molar-refractivity contribution in [2.45, 2.75) is 0 Å². The molecule has 5 nitrogen and oxygen atoms in total. The molecule has 0 aromatic heterocycles. The Bertz CT molecular complexity index is 787. The van der Waals surface area contributed by atoms with Crippen LogP contribution in [0.3, 0.4) is 0 Å². The molecule has 25 heavy (non-hydrogen) atoms. The summed E-state index contributed by atoms with van der Waals surface area (Å²) in [4.78, 5) is 26.1. The molecule has 0 aliphatic carbocycles. The van der Waals surface area contributed by atoms with Crippen LogP contribution < -0.4 is 9.47 Å². The van der Waals surface area contributed by atoms with Gasteiger partial charge in [-0.25, -0.2) is 0 Å². The SMILES string of the molecule is COc1ccc(/C=C2\SC(=O)N(CCOc3ccccc3)C2=O)cc1. The summed E-state index contributed by atoms with van der Waals surface area (Å²) < 4.78 is 10.7. The molecule has 1 saturated heterocycles. The third kappa shape index (κ3) is 4.22. The van der Waals surface area contributed by atoms with Crippen molar-refractivity contribution in [2.24, 2.45) is 0 Å². The second-order valence-electron chi connectivity index (χ2n) is 5.27. The Morgan fingerprint density at radius 2 is 1.72 bits per heavy atom. The molecule has 0 N–H and O–H groups in total. The minimum absolute atomic E-state index is 0.222. The quantitative estimate of drug-likeness (QED) is 0.738. The molecule has 1 fully saturated rings. The summed E-state index contributed by atoms with van der Waals surface area (Å²) in [6.45, 7) is 0.484. The molecule has 2 aromatic rings. The van der Waals surface area contributed by atoms with Crippen molar-refractivity contribution in [3.63, 3.8) is 0 Å². The first-order chi connectivity index (χ1) is 12.2. The van der Waals surface area contributed by atoms with Gasteiger partial charge in [0.25, 0.3) is 11.1 Å². The summed E-state index contributed by atoms with van der Waals surface area (Å²) >= 11 is 0.945. The third-order valence-corrected chi connectivity index (χ3v) is 4.52. The maximum atomic E-state index is 12.4. The van der Waals surface area contributed by atoms with Crippen LogP contribution in [-0.2, 0) is 4.79 Å². The number of carbonyl (C=O) groups is 2. The van der Waals surface area contributed by atoms with E-state index in [0.29, 0.717) is 10.7 Å². The van der Waals surface area contributed by atoms with Crippen molar-refractivity contribution in [1.29, 1.82) is 0 Å². The van der Waals surface area contributed by atoms with Crippen LogP contribution in [0.15, 0.2) is 59.5 Å². The number of benzene rings is 2. The number of ether oxygens (including phenoxy) is 2. The van der Waals surface area contributed by atoms with Crippen molar-refractivity contribution in [2.75, 3.05) is 20.3 Å². The molecule has 0 spiro atoms. The van der Waals surface area contributed by atoms with Crippen LogP contribution in [0.4, 0.5) is 4.79 Å². The van der Waals surface area contributed by atoms with Crippen LogP contribution in [0.1, 0.15) is 5.56 Å². The van der Waals surface area contributed by atoms with Gasteiger partial charge in [0.1, 0.15) is 18.1 Å². The number of carbonyl (C=O) groups excluding carboxylic acids is 2. The lowest BCUT2D eigenvalue weighted by atomic mass is 10.2. The molecule has 1 aliphatic rings. The zero-order valence-corrected chi connectivity index (χ0v) is 14.5. The van der Waals surface area contributed by atoms with Gasteiger partial charge in [0.2, 0.25) is 0 Å². The van der Waals surface area contributed by atoms with Gasteiger partial charge in [-0.15, -0.1) is 0 Å². The average molecular weight is 355 g/mol. The highest BCUT2D eigenvalue weighted by atomic mass is 32.2. The molecule has 0 atom stereocenters. The highest BCUT2D eigenvalue weighted by Gasteiger charge is 2.34. The van der Waals surface area contributed by atoms with Gasteiger partial charge in [-0.1, -0.05) is 30.3 Å². The second-order valence-corrected chi connectivity index (χ2v) is 6.26. The Balaban J connectivity index is 1.62. The second kappa shape index (κ2) is 7.90. The van der Waals surface area contributed by atoms with Crippen LogP contribution in [0.5, 0.6) is 11.5 Å². The minimum Gasteiger partial charge on any atom is -0.497 e. The van der Waals surface area contributed by atoms with Gasteiger partial charge in [-0.05, 0) is 47.7 Å². The first-order valence-electron chi connectivity index (χ1n) is 7.74. The van der Waals surface area contributed by atoms with E-state index in [9.17, 15) is 9.59 Å². The summed E-state index contributed by atoms with van der Waals surface area (Å²) in [5.41, 5.74) is 0.840. The van der Waals surface area contributed by atoms with Crippen LogP contribution in [0, 0.1) is 0 Å². The molecule has 0 unspecified atom stereocenters. The van der Waals surface area contributed by atoms with E-state index in [1.807, 2.05) is 54.6 Å². The van der Waals surface area contributed by atoms with E-state index >= 15 is 0 Å². The van der Waals surface area contributed by atoms with E-state index in [0.717, 1.165) is 23.1 Å². The molecule has 0 radical (unpaired) electrons. The lowest BCUT2D eigenvalue weighted by Crippen LogP contribution is -2.32. The number of hydrogen-bond acceptors (Lipinski definition) is 5. The average Bonchev–Trinajstić information content (AvgIpc) is 2.90. The molecular formula is C19H17NO4S. The smallest absolute Gasteiger partial charge is 0.293 e. The zero-order chi connectivity index (χ0) is 17.6. The van der Waals surface area contributed by atoms with Crippen molar-refractivity contribution in [1.82, 2.24) is 4.90 Å². The molecule has 6 heteroatoms. The Labute approximate surface area is 150 Å². The summed E-state index contributed by atoms with van der Waals surface area (Å²) in [5.74, 6) is 1.16. The van der Waals surface area contributed by atoms with Crippen molar-refractivity contribution in [3.05, 3.63) is 65.1 Å². The minimum atomic E-state index is -0.289. The molecule has 0 saturated carbocycles. The van der Waals surface area contributed by atoms with E-state index in [2.05, 4.69) is 0 Å². The standard InChI is InChI=1S/C19H17NO4S/c1-23-15-9-7-14(8-10-15)13-17-18(21)20(19(22)25-17)11-12-24-16-5-3-2-4-6-16/h2-10,13H,11-12H2,1H3/b17-13-. The van der Waals surface area contributed by atoms with Crippen molar-refractivity contribution in [3.8, 4) is 11.5 Å². The van der Waals surface area contributed by atoms with Gasteiger partial charge >= 0.3 is 0 Å². The number of para-hydroxylation sites is 1. The number of amides is 2. The Morgan fingerprint density at radius 3 is 2.40 bits per heavy atom. The molecule has 1 aliphatic heterocycles. The Hall–Kier alpha value is -2.73. The molecule has 2 amide bonds. The number of methoxy groups -OCH3 is 1. The highest BCUT2D eigenvalue weighted by Crippen LogP contribution is 2.32. The third-order valence-electron chi connectivity index (χ3n) is 3.61. The van der Waals surface area contributed by atoms with Gasteiger partial charge < -0.3 is 9.47 Å². The van der Waals surface area contributed by atoms with Gasteiger partial charge in [0.05, 0.1) is 18.6 Å². The topological polar surface area (TPSA) is 55.8 Å².